The highest BCUT2D eigenvalue weighted by molar-refractivity contribution is 5.87. The number of amides is 1. The topological polar surface area (TPSA) is 66.4 Å². The SMILES string of the molecule is C[C@H](NC(=O)[C@@H]1[C@@H](C(=O)O)[C@H]2C=C[C@H]1C2)C12CC3CC(CC(C3)C1)C2. The Labute approximate surface area is 149 Å². The molecule has 2 N–H and O–H groups in total. The van der Waals surface area contributed by atoms with Gasteiger partial charge in [0.15, 0.2) is 0 Å². The zero-order valence-corrected chi connectivity index (χ0v) is 15.0. The lowest BCUT2D eigenvalue weighted by molar-refractivity contribution is -0.148. The van der Waals surface area contributed by atoms with Crippen LogP contribution < -0.4 is 5.32 Å². The number of carboxylic acid groups (broad SMARTS) is 1. The first kappa shape index (κ1) is 15.9. The smallest absolute Gasteiger partial charge is 0.307 e. The van der Waals surface area contributed by atoms with E-state index in [9.17, 15) is 14.7 Å². The van der Waals surface area contributed by atoms with Gasteiger partial charge in [0.1, 0.15) is 0 Å². The van der Waals surface area contributed by atoms with E-state index in [2.05, 4.69) is 18.3 Å². The minimum absolute atomic E-state index is 0.00695. The molecule has 1 amide bonds. The van der Waals surface area contributed by atoms with E-state index in [1.807, 2.05) is 6.08 Å². The van der Waals surface area contributed by atoms with Crippen LogP contribution in [0.25, 0.3) is 0 Å². The van der Waals surface area contributed by atoms with Crippen LogP contribution in [-0.4, -0.2) is 23.0 Å². The average molecular weight is 343 g/mol. The lowest BCUT2D eigenvalue weighted by atomic mass is 9.48. The van der Waals surface area contributed by atoms with E-state index in [0.717, 1.165) is 24.2 Å². The van der Waals surface area contributed by atoms with Gasteiger partial charge in [-0.1, -0.05) is 12.2 Å². The number of fused-ring (bicyclic) bond motifs is 2. The van der Waals surface area contributed by atoms with Gasteiger partial charge in [0, 0.05) is 6.04 Å². The van der Waals surface area contributed by atoms with Gasteiger partial charge in [0.25, 0.3) is 0 Å². The number of aliphatic carboxylic acids is 1. The Bertz CT molecular complexity index is 604. The van der Waals surface area contributed by atoms with Crippen molar-refractivity contribution in [3.05, 3.63) is 12.2 Å². The summed E-state index contributed by atoms with van der Waals surface area (Å²) < 4.78 is 0. The minimum Gasteiger partial charge on any atom is -0.481 e. The Kier molecular flexibility index (Phi) is 3.40. The summed E-state index contributed by atoms with van der Waals surface area (Å²) in [5.41, 5.74) is 0.274. The highest BCUT2D eigenvalue weighted by Gasteiger charge is 2.55. The number of carbonyl (C=O) groups excluding carboxylic acids is 1. The average Bonchev–Trinajstić information content (AvgIpc) is 3.14. The first-order valence-electron chi connectivity index (χ1n) is 10.2. The van der Waals surface area contributed by atoms with Gasteiger partial charge in [0.2, 0.25) is 5.91 Å². The highest BCUT2D eigenvalue weighted by atomic mass is 16.4. The van der Waals surface area contributed by atoms with Crippen LogP contribution in [0.4, 0.5) is 0 Å². The van der Waals surface area contributed by atoms with Crippen LogP contribution in [0.1, 0.15) is 51.9 Å². The zero-order chi connectivity index (χ0) is 17.3. The number of carboxylic acids is 1. The van der Waals surface area contributed by atoms with Crippen molar-refractivity contribution in [2.45, 2.75) is 57.9 Å². The predicted molar refractivity (Wildman–Crippen MR) is 93.6 cm³/mol. The maximum absolute atomic E-state index is 13.0. The molecule has 4 heteroatoms. The molecule has 0 aliphatic heterocycles. The van der Waals surface area contributed by atoms with Gasteiger partial charge in [-0.05, 0) is 86.9 Å². The Morgan fingerprint density at radius 2 is 1.48 bits per heavy atom. The van der Waals surface area contributed by atoms with E-state index in [4.69, 9.17) is 0 Å². The molecule has 0 radical (unpaired) electrons. The molecule has 25 heavy (non-hydrogen) atoms. The van der Waals surface area contributed by atoms with Gasteiger partial charge in [-0.25, -0.2) is 0 Å². The van der Waals surface area contributed by atoms with Gasteiger partial charge in [-0.3, -0.25) is 9.59 Å². The molecule has 0 saturated heterocycles. The zero-order valence-electron chi connectivity index (χ0n) is 15.0. The number of rotatable bonds is 4. The Morgan fingerprint density at radius 1 is 0.960 bits per heavy atom. The van der Waals surface area contributed by atoms with E-state index in [1.54, 1.807) is 0 Å². The number of allylic oxidation sites excluding steroid dienone is 2. The van der Waals surface area contributed by atoms with Crippen molar-refractivity contribution in [2.75, 3.05) is 0 Å². The lowest BCUT2D eigenvalue weighted by Crippen LogP contribution is -2.57. The number of carbonyl (C=O) groups is 2. The maximum atomic E-state index is 13.0. The van der Waals surface area contributed by atoms with Crippen LogP contribution >= 0.6 is 0 Å². The van der Waals surface area contributed by atoms with E-state index >= 15 is 0 Å². The quantitative estimate of drug-likeness (QED) is 0.770. The van der Waals surface area contributed by atoms with Crippen LogP contribution in [-0.2, 0) is 9.59 Å². The van der Waals surface area contributed by atoms with Crippen LogP contribution in [0.2, 0.25) is 0 Å². The van der Waals surface area contributed by atoms with Crippen molar-refractivity contribution in [2.24, 2.45) is 46.8 Å². The normalized spacial score (nSPS) is 50.2. The monoisotopic (exact) mass is 343 g/mol. The third-order valence-corrected chi connectivity index (χ3v) is 8.41. The fourth-order valence-corrected chi connectivity index (χ4v) is 7.69. The Morgan fingerprint density at radius 3 is 2.00 bits per heavy atom. The maximum Gasteiger partial charge on any atom is 0.307 e. The molecule has 0 unspecified atom stereocenters. The molecule has 5 fully saturated rings. The minimum atomic E-state index is -0.806. The van der Waals surface area contributed by atoms with Crippen molar-refractivity contribution in [1.82, 2.24) is 5.32 Å². The molecule has 6 rings (SSSR count). The molecule has 0 heterocycles. The van der Waals surface area contributed by atoms with Crippen LogP contribution in [0.5, 0.6) is 0 Å². The summed E-state index contributed by atoms with van der Waals surface area (Å²) in [7, 11) is 0. The molecule has 5 atom stereocenters. The third-order valence-electron chi connectivity index (χ3n) is 8.41. The van der Waals surface area contributed by atoms with E-state index in [-0.39, 0.29) is 35.1 Å². The second kappa shape index (κ2) is 5.34. The molecule has 6 aliphatic carbocycles. The molecule has 136 valence electrons. The summed E-state index contributed by atoms with van der Waals surface area (Å²) in [5.74, 6) is 1.05. The third kappa shape index (κ3) is 2.32. The second-order valence-electron chi connectivity index (χ2n) is 9.85. The summed E-state index contributed by atoms with van der Waals surface area (Å²) in [4.78, 5) is 24.7. The van der Waals surface area contributed by atoms with Crippen molar-refractivity contribution in [3.8, 4) is 0 Å². The fraction of sp³-hybridized carbons (Fsp3) is 0.810. The molecule has 0 aromatic heterocycles. The molecular formula is C21H29NO3. The predicted octanol–water partition coefficient (Wildman–Crippen LogP) is 3.23. The van der Waals surface area contributed by atoms with Gasteiger partial charge < -0.3 is 10.4 Å². The molecule has 0 aromatic carbocycles. The summed E-state index contributed by atoms with van der Waals surface area (Å²) in [6, 6.07) is 0.172. The molecule has 0 aromatic rings. The summed E-state index contributed by atoms with van der Waals surface area (Å²) in [5, 5.41) is 12.9. The molecule has 6 aliphatic rings. The first-order valence-corrected chi connectivity index (χ1v) is 10.2. The first-order chi connectivity index (χ1) is 11.9. The number of hydrogen-bond donors (Lipinski definition) is 2. The Hall–Kier alpha value is -1.32. The van der Waals surface area contributed by atoms with E-state index < -0.39 is 11.9 Å². The van der Waals surface area contributed by atoms with Crippen LogP contribution in [0, 0.1) is 46.8 Å². The van der Waals surface area contributed by atoms with E-state index in [1.165, 1.54) is 38.5 Å². The summed E-state index contributed by atoms with van der Waals surface area (Å²) in [6.45, 7) is 2.18. The largest absolute Gasteiger partial charge is 0.481 e. The fourth-order valence-electron chi connectivity index (χ4n) is 7.69. The molecule has 5 saturated carbocycles. The van der Waals surface area contributed by atoms with Crippen molar-refractivity contribution in [3.63, 3.8) is 0 Å². The van der Waals surface area contributed by atoms with E-state index in [0.29, 0.717) is 0 Å². The molecule has 6 bridgehead atoms. The summed E-state index contributed by atoms with van der Waals surface area (Å²) >= 11 is 0. The Balaban J connectivity index is 1.33. The van der Waals surface area contributed by atoms with Crippen molar-refractivity contribution >= 4 is 11.9 Å². The lowest BCUT2D eigenvalue weighted by Gasteiger charge is -2.59. The van der Waals surface area contributed by atoms with Crippen molar-refractivity contribution < 1.29 is 14.7 Å². The van der Waals surface area contributed by atoms with Gasteiger partial charge >= 0.3 is 5.97 Å². The molecular weight excluding hydrogens is 314 g/mol. The standard InChI is InChI=1S/C21H29NO3/c1-11(21-8-12-4-13(9-21)6-14(5-12)10-21)22-19(23)17-15-2-3-16(7-15)18(17)20(24)25/h2-3,11-18H,4-10H2,1H3,(H,22,23)(H,24,25)/t11-,12?,13?,14?,15-,16-,17-,18-,21?/m0/s1. The summed E-state index contributed by atoms with van der Waals surface area (Å²) in [6.07, 6.45) is 12.9. The van der Waals surface area contributed by atoms with Crippen LogP contribution in [0.15, 0.2) is 12.2 Å². The van der Waals surface area contributed by atoms with Crippen molar-refractivity contribution in [1.29, 1.82) is 0 Å². The van der Waals surface area contributed by atoms with Gasteiger partial charge in [-0.2, -0.15) is 0 Å². The highest BCUT2D eigenvalue weighted by Crippen LogP contribution is 2.61. The van der Waals surface area contributed by atoms with Crippen LogP contribution in [0.3, 0.4) is 0 Å². The van der Waals surface area contributed by atoms with Gasteiger partial charge in [-0.15, -0.1) is 0 Å². The molecule has 0 spiro atoms. The number of nitrogens with one attached hydrogen (secondary N) is 1. The molecule has 4 nitrogen and oxygen atoms in total. The second-order valence-corrected chi connectivity index (χ2v) is 9.85. The number of hydrogen-bond acceptors (Lipinski definition) is 2. The van der Waals surface area contributed by atoms with Gasteiger partial charge in [0.05, 0.1) is 11.8 Å².